The fourth-order valence-corrected chi connectivity index (χ4v) is 1.93. The molecule has 0 unspecified atom stereocenters. The number of benzene rings is 2. The zero-order chi connectivity index (χ0) is 14.2. The molecule has 0 aromatic heterocycles. The Morgan fingerprint density at radius 2 is 1.75 bits per heavy atom. The molecule has 0 spiro atoms. The second kappa shape index (κ2) is 7.68. The molecule has 3 heteroatoms. The summed E-state index contributed by atoms with van der Waals surface area (Å²) in [5.41, 5.74) is 2.04. The molecule has 3 nitrogen and oxygen atoms in total. The predicted molar refractivity (Wildman–Crippen MR) is 80.7 cm³/mol. The van der Waals surface area contributed by atoms with Crippen molar-refractivity contribution in [3.8, 4) is 5.75 Å². The van der Waals surface area contributed by atoms with E-state index >= 15 is 0 Å². The highest BCUT2D eigenvalue weighted by atomic mass is 16.5. The average Bonchev–Trinajstić information content (AvgIpc) is 2.52. The lowest BCUT2D eigenvalue weighted by molar-refractivity contribution is 0.175. The Bertz CT molecular complexity index is 496. The van der Waals surface area contributed by atoms with Gasteiger partial charge in [-0.05, 0) is 29.8 Å². The Kier molecular flexibility index (Phi) is 5.59. The summed E-state index contributed by atoms with van der Waals surface area (Å²) in [6.07, 6.45) is -0.474. The summed E-state index contributed by atoms with van der Waals surface area (Å²) < 4.78 is 5.71. The number of ether oxygens (including phenoxy) is 1. The number of rotatable bonds is 7. The summed E-state index contributed by atoms with van der Waals surface area (Å²) >= 11 is 0. The fraction of sp³-hybridized carbons (Fsp3) is 0.294. The minimum Gasteiger partial charge on any atom is -0.489 e. The zero-order valence-corrected chi connectivity index (χ0v) is 11.8. The topological polar surface area (TPSA) is 41.5 Å². The minimum atomic E-state index is -0.474. The maximum Gasteiger partial charge on any atom is 0.119 e. The normalized spacial score (nSPS) is 12.1. The fourth-order valence-electron chi connectivity index (χ4n) is 1.93. The van der Waals surface area contributed by atoms with Gasteiger partial charge in [-0.25, -0.2) is 0 Å². The number of aliphatic hydroxyl groups excluding tert-OH is 1. The van der Waals surface area contributed by atoms with Crippen molar-refractivity contribution in [3.05, 3.63) is 65.7 Å². The first-order chi connectivity index (χ1) is 9.79. The van der Waals surface area contributed by atoms with Crippen molar-refractivity contribution < 1.29 is 9.84 Å². The van der Waals surface area contributed by atoms with E-state index in [2.05, 4.69) is 5.32 Å². The van der Waals surface area contributed by atoms with Crippen LogP contribution >= 0.6 is 0 Å². The van der Waals surface area contributed by atoms with Crippen LogP contribution in [-0.4, -0.2) is 18.2 Å². The highest BCUT2D eigenvalue weighted by molar-refractivity contribution is 5.29. The molecule has 1 atom stereocenters. The molecule has 106 valence electrons. The Morgan fingerprint density at radius 1 is 1.05 bits per heavy atom. The molecule has 0 fully saturated rings. The first kappa shape index (κ1) is 14.6. The number of hydrogen-bond donors (Lipinski definition) is 2. The molecule has 2 aromatic carbocycles. The zero-order valence-electron chi connectivity index (χ0n) is 11.8. The van der Waals surface area contributed by atoms with E-state index in [4.69, 9.17) is 4.74 Å². The van der Waals surface area contributed by atoms with Crippen LogP contribution in [0, 0.1) is 0 Å². The van der Waals surface area contributed by atoms with E-state index in [1.807, 2.05) is 61.5 Å². The first-order valence-electron chi connectivity index (χ1n) is 6.95. The van der Waals surface area contributed by atoms with Crippen LogP contribution in [0.3, 0.4) is 0 Å². The van der Waals surface area contributed by atoms with Crippen LogP contribution in [-0.2, 0) is 6.61 Å². The third-order valence-electron chi connectivity index (χ3n) is 3.10. The van der Waals surface area contributed by atoms with Gasteiger partial charge in [0.05, 0.1) is 6.10 Å². The van der Waals surface area contributed by atoms with Crippen LogP contribution in [0.2, 0.25) is 0 Å². The van der Waals surface area contributed by atoms with Crippen molar-refractivity contribution in [2.24, 2.45) is 0 Å². The molecule has 0 amide bonds. The summed E-state index contributed by atoms with van der Waals surface area (Å²) in [5, 5.41) is 13.1. The van der Waals surface area contributed by atoms with Crippen LogP contribution in [0.4, 0.5) is 0 Å². The number of aliphatic hydroxyl groups is 1. The van der Waals surface area contributed by atoms with Gasteiger partial charge >= 0.3 is 0 Å². The van der Waals surface area contributed by atoms with E-state index in [0.717, 1.165) is 23.4 Å². The van der Waals surface area contributed by atoms with Gasteiger partial charge in [0, 0.05) is 6.54 Å². The molecule has 0 aliphatic carbocycles. The largest absolute Gasteiger partial charge is 0.489 e. The van der Waals surface area contributed by atoms with Gasteiger partial charge in [-0.3, -0.25) is 0 Å². The average molecular weight is 271 g/mol. The quantitative estimate of drug-likeness (QED) is 0.813. The first-order valence-corrected chi connectivity index (χ1v) is 6.95. The summed E-state index contributed by atoms with van der Waals surface area (Å²) in [7, 11) is 0. The molecule has 2 rings (SSSR count). The van der Waals surface area contributed by atoms with Crippen LogP contribution in [0.25, 0.3) is 0 Å². The SMILES string of the molecule is CCNC[C@@H](O)c1ccc(OCc2ccccc2)cc1. The highest BCUT2D eigenvalue weighted by Gasteiger charge is 2.06. The van der Waals surface area contributed by atoms with Gasteiger partial charge < -0.3 is 15.2 Å². The summed E-state index contributed by atoms with van der Waals surface area (Å²) in [5.74, 6) is 0.813. The van der Waals surface area contributed by atoms with Crippen LogP contribution in [0.1, 0.15) is 24.2 Å². The molecular weight excluding hydrogens is 250 g/mol. The van der Waals surface area contributed by atoms with E-state index in [-0.39, 0.29) is 0 Å². The van der Waals surface area contributed by atoms with Gasteiger partial charge in [0.25, 0.3) is 0 Å². The lowest BCUT2D eigenvalue weighted by atomic mass is 10.1. The van der Waals surface area contributed by atoms with Gasteiger partial charge in [0.15, 0.2) is 0 Å². The van der Waals surface area contributed by atoms with Crippen molar-refractivity contribution in [3.63, 3.8) is 0 Å². The maximum absolute atomic E-state index is 9.95. The van der Waals surface area contributed by atoms with Crippen LogP contribution in [0.15, 0.2) is 54.6 Å². The standard InChI is InChI=1S/C17H21NO2/c1-2-18-12-17(19)15-8-10-16(11-9-15)20-13-14-6-4-3-5-7-14/h3-11,17-19H,2,12-13H2,1H3/t17-/m1/s1. The molecule has 0 saturated heterocycles. The van der Waals surface area contributed by atoms with Crippen molar-refractivity contribution in [1.82, 2.24) is 5.32 Å². The van der Waals surface area contributed by atoms with Crippen molar-refractivity contribution in [1.29, 1.82) is 0 Å². The molecule has 0 heterocycles. The van der Waals surface area contributed by atoms with E-state index in [9.17, 15) is 5.11 Å². The number of hydrogen-bond acceptors (Lipinski definition) is 3. The van der Waals surface area contributed by atoms with Gasteiger partial charge in [-0.15, -0.1) is 0 Å². The molecule has 2 aromatic rings. The van der Waals surface area contributed by atoms with Crippen molar-refractivity contribution >= 4 is 0 Å². The predicted octanol–water partition coefficient (Wildman–Crippen LogP) is 2.91. The Labute approximate surface area is 120 Å². The van der Waals surface area contributed by atoms with Gasteiger partial charge in [-0.2, -0.15) is 0 Å². The second-order valence-corrected chi connectivity index (χ2v) is 4.67. The monoisotopic (exact) mass is 271 g/mol. The third-order valence-corrected chi connectivity index (χ3v) is 3.10. The van der Waals surface area contributed by atoms with Crippen molar-refractivity contribution in [2.45, 2.75) is 19.6 Å². The van der Waals surface area contributed by atoms with E-state index < -0.39 is 6.10 Å². The van der Waals surface area contributed by atoms with Crippen LogP contribution in [0.5, 0.6) is 5.75 Å². The van der Waals surface area contributed by atoms with E-state index in [1.54, 1.807) is 0 Å². The molecule has 20 heavy (non-hydrogen) atoms. The number of likely N-dealkylation sites (N-methyl/N-ethyl adjacent to an activating group) is 1. The molecule has 0 bridgehead atoms. The third kappa shape index (κ3) is 4.37. The smallest absolute Gasteiger partial charge is 0.119 e. The van der Waals surface area contributed by atoms with Gasteiger partial charge in [-0.1, -0.05) is 49.4 Å². The summed E-state index contributed by atoms with van der Waals surface area (Å²) in [4.78, 5) is 0. The molecular formula is C17H21NO2. The Morgan fingerprint density at radius 3 is 2.40 bits per heavy atom. The lowest BCUT2D eigenvalue weighted by Gasteiger charge is -2.12. The summed E-state index contributed by atoms with van der Waals surface area (Å²) in [6, 6.07) is 17.7. The Hall–Kier alpha value is -1.84. The molecule has 2 N–H and O–H groups in total. The number of nitrogens with one attached hydrogen (secondary N) is 1. The Balaban J connectivity index is 1.88. The van der Waals surface area contributed by atoms with Crippen LogP contribution < -0.4 is 10.1 Å². The van der Waals surface area contributed by atoms with E-state index in [1.165, 1.54) is 0 Å². The summed E-state index contributed by atoms with van der Waals surface area (Å²) in [6.45, 7) is 4.00. The molecule has 0 radical (unpaired) electrons. The van der Waals surface area contributed by atoms with Crippen molar-refractivity contribution in [2.75, 3.05) is 13.1 Å². The highest BCUT2D eigenvalue weighted by Crippen LogP contribution is 2.18. The maximum atomic E-state index is 9.95. The molecule has 0 aliphatic rings. The van der Waals surface area contributed by atoms with Gasteiger partial charge in [0.1, 0.15) is 12.4 Å². The second-order valence-electron chi connectivity index (χ2n) is 4.67. The molecule has 0 aliphatic heterocycles. The minimum absolute atomic E-state index is 0.474. The van der Waals surface area contributed by atoms with E-state index in [0.29, 0.717) is 13.2 Å². The van der Waals surface area contributed by atoms with Gasteiger partial charge in [0.2, 0.25) is 0 Å². The lowest BCUT2D eigenvalue weighted by Crippen LogP contribution is -2.20. The molecule has 0 saturated carbocycles.